The lowest BCUT2D eigenvalue weighted by atomic mass is 9.89. The highest BCUT2D eigenvalue weighted by Gasteiger charge is 2.87. The molecule has 1 heterocycles. The first-order valence-corrected chi connectivity index (χ1v) is 8.47. The molecule has 0 radical (unpaired) electrons. The van der Waals surface area contributed by atoms with Crippen LogP contribution in [0.15, 0.2) is 0 Å². The Morgan fingerprint density at radius 2 is 1.06 bits per heavy atom. The van der Waals surface area contributed by atoms with E-state index in [-0.39, 0.29) is 0 Å². The van der Waals surface area contributed by atoms with Gasteiger partial charge in [-0.2, -0.15) is 65.9 Å². The van der Waals surface area contributed by atoms with E-state index in [0.29, 0.717) is 0 Å². The second-order valence-corrected chi connectivity index (χ2v) is 7.21. The van der Waals surface area contributed by atoms with Gasteiger partial charge in [0.1, 0.15) is 12.7 Å². The molecule has 0 aliphatic carbocycles. The van der Waals surface area contributed by atoms with Crippen LogP contribution in [0.3, 0.4) is 0 Å². The van der Waals surface area contributed by atoms with Crippen molar-refractivity contribution in [3.8, 4) is 0 Å². The summed E-state index contributed by atoms with van der Waals surface area (Å²) in [7, 11) is 0. The fourth-order valence-corrected chi connectivity index (χ4v) is 3.05. The summed E-state index contributed by atoms with van der Waals surface area (Å²) in [6.45, 7) is -3.66. The topological polar surface area (TPSA) is 18.5 Å². The van der Waals surface area contributed by atoms with E-state index < -0.39 is 85.7 Å². The van der Waals surface area contributed by atoms with E-state index in [1.807, 2.05) is 0 Å². The SMILES string of the molecule is FC(C(F)(F)F)C(F)(F)COC1(C(F)(C(F)(F)F)C(F)(F)F)CCC(C(F)(C(F)(F)F)C(F)(F)F)O1. The van der Waals surface area contributed by atoms with Crippen molar-refractivity contribution < 1.29 is 97.3 Å². The highest BCUT2D eigenvalue weighted by atomic mass is 19.4. The van der Waals surface area contributed by atoms with Crippen LogP contribution >= 0.6 is 0 Å². The standard InChI is InChI=1S/C14H8F20O2/c15-5(9(19,20)21)6(16,17)3-35-7(10(22,13(29,30)31)14(32,33)34)2-1-4(36-7)8(18,11(23,24)25)12(26,27)28/h4-5H,1-3H2. The van der Waals surface area contributed by atoms with Crippen LogP contribution in [0.4, 0.5) is 87.8 Å². The molecular formula is C14H8F20O2. The molecule has 0 spiro atoms. The molecular weight excluding hydrogens is 580 g/mol. The molecule has 0 amide bonds. The van der Waals surface area contributed by atoms with Crippen molar-refractivity contribution in [3.63, 3.8) is 0 Å². The molecule has 0 aromatic heterocycles. The van der Waals surface area contributed by atoms with E-state index >= 15 is 0 Å². The smallest absolute Gasteiger partial charge is 0.340 e. The normalized spacial score (nSPS) is 24.8. The first-order chi connectivity index (χ1) is 15.4. The molecule has 1 aliphatic rings. The van der Waals surface area contributed by atoms with Crippen molar-refractivity contribution in [1.29, 1.82) is 0 Å². The Kier molecular flexibility index (Phi) is 7.94. The summed E-state index contributed by atoms with van der Waals surface area (Å²) < 4.78 is 267. The molecule has 3 atom stereocenters. The summed E-state index contributed by atoms with van der Waals surface area (Å²) in [5, 5.41) is 0. The van der Waals surface area contributed by atoms with E-state index in [2.05, 4.69) is 9.47 Å². The minimum absolute atomic E-state index is 2.59. The Bertz CT molecular complexity index is 744. The zero-order valence-electron chi connectivity index (χ0n) is 16.2. The van der Waals surface area contributed by atoms with Crippen molar-refractivity contribution >= 4 is 0 Å². The fraction of sp³-hybridized carbons (Fsp3) is 1.00. The Labute approximate surface area is 184 Å². The van der Waals surface area contributed by atoms with Crippen LogP contribution in [0.5, 0.6) is 0 Å². The number of hydrogen-bond acceptors (Lipinski definition) is 2. The van der Waals surface area contributed by atoms with Crippen LogP contribution in [0.25, 0.3) is 0 Å². The van der Waals surface area contributed by atoms with Gasteiger partial charge < -0.3 is 9.47 Å². The number of rotatable bonds is 6. The predicted molar refractivity (Wildman–Crippen MR) is 70.6 cm³/mol. The second kappa shape index (κ2) is 8.79. The number of ether oxygens (including phenoxy) is 2. The van der Waals surface area contributed by atoms with Gasteiger partial charge in [0.2, 0.25) is 5.79 Å². The number of hydrogen-bond donors (Lipinski definition) is 0. The lowest BCUT2D eigenvalue weighted by Crippen LogP contribution is -2.70. The Balaban J connectivity index is 3.76. The molecule has 3 unspecified atom stereocenters. The fourth-order valence-electron chi connectivity index (χ4n) is 3.05. The molecule has 1 rings (SSSR count). The van der Waals surface area contributed by atoms with Crippen LogP contribution < -0.4 is 0 Å². The summed E-state index contributed by atoms with van der Waals surface area (Å²) in [5.41, 5.74) is -14.2. The zero-order chi connectivity index (χ0) is 29.2. The van der Waals surface area contributed by atoms with E-state index in [4.69, 9.17) is 0 Å². The average Bonchev–Trinajstić information content (AvgIpc) is 3.06. The summed E-state index contributed by atoms with van der Waals surface area (Å²) in [6, 6.07) is 0. The van der Waals surface area contributed by atoms with E-state index in [0.717, 1.165) is 0 Å². The van der Waals surface area contributed by atoms with Crippen LogP contribution in [0.2, 0.25) is 0 Å². The predicted octanol–water partition coefficient (Wildman–Crippen LogP) is 7.08. The van der Waals surface area contributed by atoms with Crippen molar-refractivity contribution in [2.45, 2.75) is 79.0 Å². The third kappa shape index (κ3) is 5.11. The molecule has 0 aromatic carbocycles. The van der Waals surface area contributed by atoms with Gasteiger partial charge in [-0.25, -0.2) is 22.0 Å². The van der Waals surface area contributed by atoms with Gasteiger partial charge in [-0.15, -0.1) is 0 Å². The van der Waals surface area contributed by atoms with Crippen molar-refractivity contribution in [3.05, 3.63) is 0 Å². The maximum Gasteiger partial charge on any atom is 0.437 e. The summed E-state index contributed by atoms with van der Waals surface area (Å²) >= 11 is 0. The molecule has 0 N–H and O–H groups in total. The van der Waals surface area contributed by atoms with Gasteiger partial charge in [0.25, 0.3) is 6.17 Å². The van der Waals surface area contributed by atoms with Gasteiger partial charge >= 0.3 is 48.1 Å². The van der Waals surface area contributed by atoms with E-state index in [1.165, 1.54) is 0 Å². The minimum atomic E-state index is -7.55. The van der Waals surface area contributed by atoms with Gasteiger partial charge in [0.15, 0.2) is 0 Å². The maximum atomic E-state index is 14.6. The summed E-state index contributed by atoms with van der Waals surface area (Å²) in [4.78, 5) is 0. The molecule has 0 aromatic rings. The average molecular weight is 588 g/mol. The highest BCUT2D eigenvalue weighted by molar-refractivity contribution is 5.13. The molecule has 216 valence electrons. The second-order valence-electron chi connectivity index (χ2n) is 7.21. The first kappa shape index (κ1) is 32.5. The highest BCUT2D eigenvalue weighted by Crippen LogP contribution is 2.61. The van der Waals surface area contributed by atoms with Gasteiger partial charge in [-0.3, -0.25) is 0 Å². The van der Waals surface area contributed by atoms with Crippen molar-refractivity contribution in [2.75, 3.05) is 6.61 Å². The quantitative estimate of drug-likeness (QED) is 0.309. The van der Waals surface area contributed by atoms with Crippen molar-refractivity contribution in [2.24, 2.45) is 0 Å². The molecule has 22 heteroatoms. The van der Waals surface area contributed by atoms with Crippen LogP contribution in [-0.2, 0) is 9.47 Å². The van der Waals surface area contributed by atoms with E-state index in [1.54, 1.807) is 0 Å². The summed E-state index contributed by atoms with van der Waals surface area (Å²) in [6.07, 6.45) is -51.7. The van der Waals surface area contributed by atoms with Crippen molar-refractivity contribution in [1.82, 2.24) is 0 Å². The molecule has 36 heavy (non-hydrogen) atoms. The third-order valence-electron chi connectivity index (χ3n) is 4.80. The summed E-state index contributed by atoms with van der Waals surface area (Å²) in [5.74, 6) is -12.0. The van der Waals surface area contributed by atoms with E-state index in [9.17, 15) is 87.8 Å². The largest absolute Gasteiger partial charge is 0.437 e. The molecule has 1 saturated heterocycles. The Hall–Kier alpha value is -1.48. The lowest BCUT2D eigenvalue weighted by molar-refractivity contribution is -0.453. The number of halogens is 20. The van der Waals surface area contributed by atoms with Gasteiger partial charge in [0.05, 0.1) is 0 Å². The van der Waals surface area contributed by atoms with Gasteiger partial charge in [-0.05, 0) is 6.42 Å². The zero-order valence-corrected chi connectivity index (χ0v) is 16.2. The monoisotopic (exact) mass is 588 g/mol. The molecule has 0 bridgehead atoms. The molecule has 2 nitrogen and oxygen atoms in total. The van der Waals surface area contributed by atoms with Crippen LogP contribution in [0.1, 0.15) is 12.8 Å². The van der Waals surface area contributed by atoms with Gasteiger partial charge in [-0.1, -0.05) is 0 Å². The van der Waals surface area contributed by atoms with Crippen LogP contribution in [0, 0.1) is 0 Å². The molecule has 1 aliphatic heterocycles. The maximum absolute atomic E-state index is 14.6. The van der Waals surface area contributed by atoms with Crippen LogP contribution in [-0.4, -0.2) is 72.8 Å². The number of alkyl halides is 20. The third-order valence-corrected chi connectivity index (χ3v) is 4.80. The first-order valence-electron chi connectivity index (χ1n) is 8.47. The Morgan fingerprint density at radius 3 is 1.36 bits per heavy atom. The van der Waals surface area contributed by atoms with Gasteiger partial charge in [0, 0.05) is 6.42 Å². The molecule has 1 fully saturated rings. The minimum Gasteiger partial charge on any atom is -0.340 e. The Morgan fingerprint density at radius 1 is 0.667 bits per heavy atom. The lowest BCUT2D eigenvalue weighted by Gasteiger charge is -2.44. The molecule has 0 saturated carbocycles.